The van der Waals surface area contributed by atoms with Crippen LogP contribution in [0.3, 0.4) is 0 Å². The Hall–Kier alpha value is -1.72. The molecule has 1 heterocycles. The second kappa shape index (κ2) is 5.50. The molecule has 1 unspecified atom stereocenters. The quantitative estimate of drug-likeness (QED) is 0.765. The molecule has 0 aromatic carbocycles. The summed E-state index contributed by atoms with van der Waals surface area (Å²) >= 11 is 0. The van der Waals surface area contributed by atoms with Gasteiger partial charge in [-0.05, 0) is 18.8 Å². The monoisotopic (exact) mass is 281 g/mol. The van der Waals surface area contributed by atoms with Crippen molar-refractivity contribution in [2.45, 2.75) is 18.9 Å². The number of anilines is 1. The van der Waals surface area contributed by atoms with Crippen molar-refractivity contribution in [3.63, 3.8) is 0 Å². The number of hydrogen-bond acceptors (Lipinski definition) is 6. The van der Waals surface area contributed by atoms with Gasteiger partial charge in [0.25, 0.3) is 0 Å². The zero-order valence-electron chi connectivity index (χ0n) is 10.5. The van der Waals surface area contributed by atoms with Crippen molar-refractivity contribution in [2.75, 3.05) is 18.1 Å². The highest BCUT2D eigenvalue weighted by atomic mass is 32.2. The molecule has 1 atom stereocenters. The third kappa shape index (κ3) is 4.46. The zero-order valence-corrected chi connectivity index (χ0v) is 11.3. The highest BCUT2D eigenvalue weighted by Crippen LogP contribution is 2.33. The van der Waals surface area contributed by atoms with Gasteiger partial charge in [-0.25, -0.2) is 23.1 Å². The molecule has 7 nitrogen and oxygen atoms in total. The average molecular weight is 281 g/mol. The minimum atomic E-state index is -3.20. The zero-order chi connectivity index (χ0) is 13.9. The van der Waals surface area contributed by atoms with Gasteiger partial charge in [0.2, 0.25) is 16.0 Å². The molecule has 0 radical (unpaired) electrons. The first-order chi connectivity index (χ1) is 8.98. The summed E-state index contributed by atoms with van der Waals surface area (Å²) in [5, 5.41) is 11.8. The van der Waals surface area contributed by atoms with Gasteiger partial charge in [-0.1, -0.05) is 0 Å². The van der Waals surface area contributed by atoms with E-state index in [0.717, 1.165) is 19.1 Å². The summed E-state index contributed by atoms with van der Waals surface area (Å²) < 4.78 is 24.7. The molecule has 1 aromatic heterocycles. The van der Waals surface area contributed by atoms with Crippen LogP contribution in [0, 0.1) is 17.2 Å². The summed E-state index contributed by atoms with van der Waals surface area (Å²) in [4.78, 5) is 8.04. The van der Waals surface area contributed by atoms with Crippen LogP contribution in [0.25, 0.3) is 0 Å². The number of aromatic nitrogens is 2. The van der Waals surface area contributed by atoms with Crippen molar-refractivity contribution in [3.05, 3.63) is 18.0 Å². The lowest BCUT2D eigenvalue weighted by Gasteiger charge is -2.18. The molecule has 1 aliphatic rings. The Labute approximate surface area is 112 Å². The third-order valence-corrected chi connectivity index (χ3v) is 3.54. The fourth-order valence-corrected chi connectivity index (χ4v) is 2.18. The van der Waals surface area contributed by atoms with E-state index in [-0.39, 0.29) is 6.04 Å². The van der Waals surface area contributed by atoms with Crippen LogP contribution < -0.4 is 10.0 Å². The van der Waals surface area contributed by atoms with Crippen LogP contribution in [0.5, 0.6) is 0 Å². The highest BCUT2D eigenvalue weighted by molar-refractivity contribution is 7.88. The van der Waals surface area contributed by atoms with E-state index in [1.165, 1.54) is 12.4 Å². The molecule has 0 saturated heterocycles. The van der Waals surface area contributed by atoms with Crippen LogP contribution in [0.4, 0.5) is 5.95 Å². The molecule has 1 fully saturated rings. The van der Waals surface area contributed by atoms with Gasteiger partial charge in [-0.3, -0.25) is 0 Å². The second-order valence-electron chi connectivity index (χ2n) is 4.62. The van der Waals surface area contributed by atoms with Gasteiger partial charge in [0.15, 0.2) is 0 Å². The first-order valence-electron chi connectivity index (χ1n) is 5.91. The standard InChI is InChI=1S/C11H15N5O2S/c1-19(17,18)15-7-10(9-2-3-9)16-11-13-5-8(4-12)6-14-11/h5-6,9-10,15H,2-3,7H2,1H3,(H,13,14,16). The molecular formula is C11H15N5O2S. The predicted molar refractivity (Wildman–Crippen MR) is 69.7 cm³/mol. The maximum atomic E-state index is 11.1. The summed E-state index contributed by atoms with van der Waals surface area (Å²) in [6, 6.07) is 1.92. The molecule has 1 saturated carbocycles. The Morgan fingerprint density at radius 1 is 1.47 bits per heavy atom. The number of sulfonamides is 1. The summed E-state index contributed by atoms with van der Waals surface area (Å²) in [6.45, 7) is 0.312. The van der Waals surface area contributed by atoms with E-state index < -0.39 is 10.0 Å². The number of rotatable bonds is 6. The van der Waals surface area contributed by atoms with Gasteiger partial charge in [0.05, 0.1) is 24.2 Å². The van der Waals surface area contributed by atoms with E-state index in [9.17, 15) is 8.42 Å². The molecule has 19 heavy (non-hydrogen) atoms. The number of nitrogens with zero attached hydrogens (tertiary/aromatic N) is 3. The van der Waals surface area contributed by atoms with E-state index >= 15 is 0 Å². The van der Waals surface area contributed by atoms with Crippen molar-refractivity contribution in [2.24, 2.45) is 5.92 Å². The minimum absolute atomic E-state index is 0.0253. The lowest BCUT2D eigenvalue weighted by atomic mass is 10.2. The number of hydrogen-bond donors (Lipinski definition) is 2. The summed E-state index contributed by atoms with van der Waals surface area (Å²) in [6.07, 6.45) is 6.14. The van der Waals surface area contributed by atoms with E-state index in [4.69, 9.17) is 5.26 Å². The number of nitrogens with one attached hydrogen (secondary N) is 2. The minimum Gasteiger partial charge on any atom is -0.350 e. The van der Waals surface area contributed by atoms with Gasteiger partial charge >= 0.3 is 0 Å². The molecule has 0 aliphatic heterocycles. The molecule has 0 bridgehead atoms. The first kappa shape index (κ1) is 13.7. The van der Waals surface area contributed by atoms with Crippen LogP contribution in [0.15, 0.2) is 12.4 Å². The van der Waals surface area contributed by atoms with Crippen LogP contribution in [0.1, 0.15) is 18.4 Å². The topological polar surface area (TPSA) is 108 Å². The smallest absolute Gasteiger partial charge is 0.222 e. The molecule has 2 N–H and O–H groups in total. The van der Waals surface area contributed by atoms with Crippen molar-refractivity contribution >= 4 is 16.0 Å². The molecule has 8 heteroatoms. The fourth-order valence-electron chi connectivity index (χ4n) is 1.70. The van der Waals surface area contributed by atoms with E-state index in [0.29, 0.717) is 24.0 Å². The Bertz CT molecular complexity index is 574. The van der Waals surface area contributed by atoms with E-state index in [2.05, 4.69) is 20.0 Å². The second-order valence-corrected chi connectivity index (χ2v) is 6.45. The van der Waals surface area contributed by atoms with Crippen molar-refractivity contribution < 1.29 is 8.42 Å². The molecular weight excluding hydrogens is 266 g/mol. The van der Waals surface area contributed by atoms with E-state index in [1.807, 2.05) is 6.07 Å². The SMILES string of the molecule is CS(=O)(=O)NCC(Nc1ncc(C#N)cn1)C1CC1. The largest absolute Gasteiger partial charge is 0.350 e. The Morgan fingerprint density at radius 2 is 2.11 bits per heavy atom. The average Bonchev–Trinajstić information content (AvgIpc) is 3.18. The molecule has 1 aliphatic carbocycles. The Morgan fingerprint density at radius 3 is 2.58 bits per heavy atom. The van der Waals surface area contributed by atoms with Crippen LogP contribution >= 0.6 is 0 Å². The van der Waals surface area contributed by atoms with Gasteiger partial charge in [0, 0.05) is 12.6 Å². The van der Waals surface area contributed by atoms with Gasteiger partial charge in [-0.15, -0.1) is 0 Å². The Kier molecular flexibility index (Phi) is 3.97. The lowest BCUT2D eigenvalue weighted by Crippen LogP contribution is -2.37. The van der Waals surface area contributed by atoms with Crippen LogP contribution in [-0.4, -0.2) is 37.2 Å². The first-order valence-corrected chi connectivity index (χ1v) is 7.80. The van der Waals surface area contributed by atoms with Gasteiger partial charge < -0.3 is 5.32 Å². The van der Waals surface area contributed by atoms with Crippen LogP contribution in [0.2, 0.25) is 0 Å². The summed E-state index contributed by atoms with van der Waals surface area (Å²) in [7, 11) is -3.20. The van der Waals surface area contributed by atoms with Crippen molar-refractivity contribution in [1.82, 2.24) is 14.7 Å². The molecule has 1 aromatic rings. The van der Waals surface area contributed by atoms with Crippen molar-refractivity contribution in [3.8, 4) is 6.07 Å². The molecule has 2 rings (SSSR count). The van der Waals surface area contributed by atoms with E-state index in [1.54, 1.807) is 0 Å². The molecule has 0 spiro atoms. The third-order valence-electron chi connectivity index (χ3n) is 2.85. The normalized spacial score (nSPS) is 16.6. The number of nitriles is 1. The van der Waals surface area contributed by atoms with Crippen LogP contribution in [-0.2, 0) is 10.0 Å². The van der Waals surface area contributed by atoms with Gasteiger partial charge in [-0.2, -0.15) is 5.26 Å². The molecule has 102 valence electrons. The van der Waals surface area contributed by atoms with Gasteiger partial charge in [0.1, 0.15) is 6.07 Å². The molecule has 0 amide bonds. The van der Waals surface area contributed by atoms with Crippen molar-refractivity contribution in [1.29, 1.82) is 5.26 Å². The Balaban J connectivity index is 1.98. The predicted octanol–water partition coefficient (Wildman–Crippen LogP) is 0.0880. The summed E-state index contributed by atoms with van der Waals surface area (Å²) in [5.41, 5.74) is 0.391. The maximum absolute atomic E-state index is 11.1. The fraction of sp³-hybridized carbons (Fsp3) is 0.545. The maximum Gasteiger partial charge on any atom is 0.222 e. The lowest BCUT2D eigenvalue weighted by molar-refractivity contribution is 0.565. The highest BCUT2D eigenvalue weighted by Gasteiger charge is 2.32. The summed E-state index contributed by atoms with van der Waals surface area (Å²) in [5.74, 6) is 0.847.